The molecular weight excluding hydrogens is 343 g/mol. The number of rotatable bonds is 4. The van der Waals surface area contributed by atoms with Crippen molar-refractivity contribution in [3.63, 3.8) is 0 Å². The normalized spacial score (nSPS) is 10.2. The molecule has 1 heterocycles. The molecule has 120 valence electrons. The van der Waals surface area contributed by atoms with E-state index < -0.39 is 24.4 Å². The molecule has 0 fully saturated rings. The second-order valence-corrected chi connectivity index (χ2v) is 5.37. The minimum absolute atomic E-state index is 0.0302. The molecule has 2 aromatic rings. The maximum atomic E-state index is 11.9. The van der Waals surface area contributed by atoms with Crippen molar-refractivity contribution in [2.45, 2.75) is 0 Å². The monoisotopic (exact) mass is 354 g/mol. The maximum absolute atomic E-state index is 11.9. The number of ether oxygens (including phenoxy) is 1. The zero-order valence-electron chi connectivity index (χ0n) is 12.0. The van der Waals surface area contributed by atoms with Crippen LogP contribution in [-0.2, 0) is 16.6 Å². The van der Waals surface area contributed by atoms with Gasteiger partial charge in [-0.15, -0.1) is 0 Å². The van der Waals surface area contributed by atoms with E-state index in [2.05, 4.69) is 5.32 Å². The minimum Gasteiger partial charge on any atom is -0.452 e. The maximum Gasteiger partial charge on any atom is 0.341 e. The number of esters is 1. The fraction of sp³-hybridized carbons (Fsp3) is 0.133. The number of halogens is 2. The van der Waals surface area contributed by atoms with Crippen molar-refractivity contribution in [1.29, 1.82) is 0 Å². The summed E-state index contributed by atoms with van der Waals surface area (Å²) in [6, 6.07) is 7.75. The summed E-state index contributed by atoms with van der Waals surface area (Å²) in [6.45, 7) is -0.628. The van der Waals surface area contributed by atoms with E-state index in [-0.39, 0.29) is 15.6 Å². The molecule has 0 aliphatic carbocycles. The Kier molecular flexibility index (Phi) is 5.41. The number of amides is 2. The van der Waals surface area contributed by atoms with Crippen LogP contribution in [-0.4, -0.2) is 29.0 Å². The molecule has 0 saturated heterocycles. The van der Waals surface area contributed by atoms with Gasteiger partial charge in [0.05, 0.1) is 15.6 Å². The number of nitrogens with zero attached hydrogens (tertiary/aromatic N) is 1. The van der Waals surface area contributed by atoms with Gasteiger partial charge in [-0.1, -0.05) is 29.3 Å². The Morgan fingerprint density at radius 2 is 1.78 bits per heavy atom. The summed E-state index contributed by atoms with van der Waals surface area (Å²) in [6.07, 6.45) is 1.67. The van der Waals surface area contributed by atoms with Gasteiger partial charge in [-0.2, -0.15) is 0 Å². The van der Waals surface area contributed by atoms with Crippen LogP contribution in [0.15, 0.2) is 36.5 Å². The number of benzene rings is 1. The molecule has 1 N–H and O–H groups in total. The highest BCUT2D eigenvalue weighted by Crippen LogP contribution is 2.24. The predicted molar refractivity (Wildman–Crippen MR) is 84.6 cm³/mol. The molecule has 8 heteroatoms. The first-order chi connectivity index (χ1) is 10.9. The molecule has 0 radical (unpaired) electrons. The summed E-state index contributed by atoms with van der Waals surface area (Å²) in [5.41, 5.74) is 0.274. The fourth-order valence-corrected chi connectivity index (χ4v) is 2.37. The average molecular weight is 355 g/mol. The van der Waals surface area contributed by atoms with E-state index in [1.165, 1.54) is 12.1 Å². The molecule has 6 nitrogen and oxygen atoms in total. The van der Waals surface area contributed by atoms with Crippen molar-refractivity contribution < 1.29 is 19.1 Å². The number of aryl methyl sites for hydroxylation is 1. The first-order valence-electron chi connectivity index (χ1n) is 6.47. The third kappa shape index (κ3) is 4.12. The van der Waals surface area contributed by atoms with Crippen LogP contribution >= 0.6 is 23.2 Å². The highest BCUT2D eigenvalue weighted by Gasteiger charge is 2.18. The topological polar surface area (TPSA) is 77.4 Å². The molecule has 2 amide bonds. The van der Waals surface area contributed by atoms with E-state index in [1.807, 2.05) is 0 Å². The Labute approximate surface area is 141 Å². The lowest BCUT2D eigenvalue weighted by atomic mass is 10.2. The van der Waals surface area contributed by atoms with Gasteiger partial charge in [-0.3, -0.25) is 14.9 Å². The zero-order valence-corrected chi connectivity index (χ0v) is 13.5. The molecule has 23 heavy (non-hydrogen) atoms. The van der Waals surface area contributed by atoms with E-state index in [9.17, 15) is 14.4 Å². The number of nitrogens with one attached hydrogen (secondary N) is 1. The highest BCUT2D eigenvalue weighted by atomic mass is 35.5. The van der Waals surface area contributed by atoms with Gasteiger partial charge in [0, 0.05) is 13.2 Å². The summed E-state index contributed by atoms with van der Waals surface area (Å²) in [4.78, 5) is 35.4. The van der Waals surface area contributed by atoms with Crippen LogP contribution in [0.1, 0.15) is 20.8 Å². The SMILES string of the molecule is Cn1cccc1C(=O)NC(=O)COC(=O)c1c(Cl)cccc1Cl. The van der Waals surface area contributed by atoms with Gasteiger partial charge in [-0.05, 0) is 24.3 Å². The molecule has 1 aromatic heterocycles. The van der Waals surface area contributed by atoms with Crippen LogP contribution in [0.4, 0.5) is 0 Å². The lowest BCUT2D eigenvalue weighted by Gasteiger charge is -2.08. The van der Waals surface area contributed by atoms with Crippen molar-refractivity contribution in [2.24, 2.45) is 7.05 Å². The highest BCUT2D eigenvalue weighted by molar-refractivity contribution is 6.39. The first kappa shape index (κ1) is 17.1. The average Bonchev–Trinajstić information content (AvgIpc) is 2.91. The standard InChI is InChI=1S/C15H12Cl2N2O4/c1-19-7-3-6-11(19)14(21)18-12(20)8-23-15(22)13-9(16)4-2-5-10(13)17/h2-7H,8H2,1H3,(H,18,20,21). The van der Waals surface area contributed by atoms with Crippen LogP contribution in [0.3, 0.4) is 0 Å². The number of carbonyl (C=O) groups excluding carboxylic acids is 3. The molecule has 0 atom stereocenters. The second kappa shape index (κ2) is 7.30. The molecule has 0 bridgehead atoms. The molecule has 0 saturated carbocycles. The Hall–Kier alpha value is -2.31. The number of hydrogen-bond donors (Lipinski definition) is 1. The van der Waals surface area contributed by atoms with E-state index in [0.717, 1.165) is 0 Å². The summed E-state index contributed by atoms with van der Waals surface area (Å²) in [5, 5.41) is 2.34. The van der Waals surface area contributed by atoms with Crippen molar-refractivity contribution in [1.82, 2.24) is 9.88 Å². The van der Waals surface area contributed by atoms with Gasteiger partial charge in [-0.25, -0.2) is 4.79 Å². The summed E-state index contributed by atoms with van der Waals surface area (Å²) in [5.74, 6) is -2.19. The van der Waals surface area contributed by atoms with Crippen LogP contribution < -0.4 is 5.32 Å². The molecule has 2 rings (SSSR count). The lowest BCUT2D eigenvalue weighted by Crippen LogP contribution is -2.35. The first-order valence-corrected chi connectivity index (χ1v) is 7.22. The van der Waals surface area contributed by atoms with Crippen molar-refractivity contribution in [3.05, 3.63) is 57.8 Å². The van der Waals surface area contributed by atoms with Crippen molar-refractivity contribution >= 4 is 41.0 Å². The molecule has 0 unspecified atom stereocenters. The largest absolute Gasteiger partial charge is 0.452 e. The van der Waals surface area contributed by atoms with Crippen molar-refractivity contribution in [3.8, 4) is 0 Å². The third-order valence-corrected chi connectivity index (χ3v) is 3.56. The number of aromatic nitrogens is 1. The van der Waals surface area contributed by atoms with Crippen LogP contribution in [0, 0.1) is 0 Å². The summed E-state index contributed by atoms with van der Waals surface area (Å²) in [7, 11) is 1.67. The Morgan fingerprint density at radius 3 is 2.35 bits per heavy atom. The lowest BCUT2D eigenvalue weighted by molar-refractivity contribution is -0.123. The Morgan fingerprint density at radius 1 is 1.13 bits per heavy atom. The summed E-state index contributed by atoms with van der Waals surface area (Å²) < 4.78 is 6.37. The number of carbonyl (C=O) groups is 3. The summed E-state index contributed by atoms with van der Waals surface area (Å²) >= 11 is 11.7. The van der Waals surface area contributed by atoms with Crippen LogP contribution in [0.2, 0.25) is 10.0 Å². The minimum atomic E-state index is -0.845. The second-order valence-electron chi connectivity index (χ2n) is 4.55. The number of imide groups is 1. The number of hydrogen-bond acceptors (Lipinski definition) is 4. The van der Waals surface area contributed by atoms with Gasteiger partial charge >= 0.3 is 5.97 Å². The van der Waals surface area contributed by atoms with Gasteiger partial charge in [0.2, 0.25) is 0 Å². The van der Waals surface area contributed by atoms with E-state index in [4.69, 9.17) is 27.9 Å². The quantitative estimate of drug-likeness (QED) is 0.855. The van der Waals surface area contributed by atoms with Gasteiger partial charge in [0.1, 0.15) is 5.69 Å². The van der Waals surface area contributed by atoms with Crippen LogP contribution in [0.25, 0.3) is 0 Å². The smallest absolute Gasteiger partial charge is 0.341 e. The van der Waals surface area contributed by atoms with Gasteiger partial charge < -0.3 is 9.30 Å². The Bertz CT molecular complexity index is 750. The molecule has 0 aliphatic rings. The van der Waals surface area contributed by atoms with Gasteiger partial charge in [0.15, 0.2) is 6.61 Å². The van der Waals surface area contributed by atoms with E-state index in [1.54, 1.807) is 36.0 Å². The fourth-order valence-electron chi connectivity index (χ4n) is 1.82. The third-order valence-electron chi connectivity index (χ3n) is 2.93. The van der Waals surface area contributed by atoms with Crippen LogP contribution in [0.5, 0.6) is 0 Å². The molecule has 0 spiro atoms. The Balaban J connectivity index is 1.93. The van der Waals surface area contributed by atoms with E-state index >= 15 is 0 Å². The van der Waals surface area contributed by atoms with Gasteiger partial charge in [0.25, 0.3) is 11.8 Å². The molecular formula is C15H12Cl2N2O4. The molecule has 1 aromatic carbocycles. The molecule has 0 aliphatic heterocycles. The van der Waals surface area contributed by atoms with E-state index in [0.29, 0.717) is 5.69 Å². The zero-order chi connectivity index (χ0) is 17.0. The van der Waals surface area contributed by atoms with Crippen molar-refractivity contribution in [2.75, 3.05) is 6.61 Å². The predicted octanol–water partition coefficient (Wildman–Crippen LogP) is 2.45.